The Morgan fingerprint density at radius 2 is 1.80 bits per heavy atom. The summed E-state index contributed by atoms with van der Waals surface area (Å²) < 4.78 is 5.11. The number of carbonyl (C=O) groups is 1. The minimum absolute atomic E-state index is 0.0862. The highest BCUT2D eigenvalue weighted by molar-refractivity contribution is 6.40. The molecule has 1 aliphatic rings. The fraction of sp³-hybridized carbons (Fsp3) is 0.176. The van der Waals surface area contributed by atoms with Crippen LogP contribution >= 0.6 is 34.8 Å². The standard InChI is InChI=1S/C17H14Cl3N3O2/c1-9-5-12(19)17(13(20)6-9)23-16(24)8-15(22-23)21-14-4-3-10(25-2)7-11(14)18/h3-7H,8H2,1-2H3,(H,21,22). The smallest absolute Gasteiger partial charge is 0.253 e. The largest absolute Gasteiger partial charge is 0.497 e. The summed E-state index contributed by atoms with van der Waals surface area (Å²) in [4.78, 5) is 16.8. The fourth-order valence-electron chi connectivity index (χ4n) is 2.45. The Labute approximate surface area is 160 Å². The molecule has 3 rings (SSSR count). The van der Waals surface area contributed by atoms with Crippen LogP contribution in [0.5, 0.6) is 5.75 Å². The van der Waals surface area contributed by atoms with Gasteiger partial charge in [-0.25, -0.2) is 10.0 Å². The van der Waals surface area contributed by atoms with Gasteiger partial charge < -0.3 is 4.74 Å². The van der Waals surface area contributed by atoms with Crippen molar-refractivity contribution in [3.05, 3.63) is 51.0 Å². The van der Waals surface area contributed by atoms with Crippen molar-refractivity contribution in [3.63, 3.8) is 0 Å². The lowest BCUT2D eigenvalue weighted by molar-refractivity contribution is -0.116. The number of aryl methyl sites for hydroxylation is 1. The van der Waals surface area contributed by atoms with E-state index in [0.717, 1.165) is 5.56 Å². The molecule has 5 nitrogen and oxygen atoms in total. The SMILES string of the molecule is COc1ccc(N=C2CC(=O)N(c3c(Cl)cc(C)cc3Cl)N2)c(Cl)c1. The normalized spacial score (nSPS) is 15.6. The van der Waals surface area contributed by atoms with Crippen molar-refractivity contribution < 1.29 is 9.53 Å². The molecule has 1 heterocycles. The Kier molecular flexibility index (Phi) is 5.08. The molecule has 0 aliphatic carbocycles. The number of rotatable bonds is 3. The number of benzene rings is 2. The number of anilines is 1. The molecule has 0 aromatic heterocycles. The minimum Gasteiger partial charge on any atom is -0.497 e. The fourth-order valence-corrected chi connectivity index (χ4v) is 3.43. The number of nitrogens with zero attached hydrogens (tertiary/aromatic N) is 2. The first-order chi connectivity index (χ1) is 11.9. The van der Waals surface area contributed by atoms with E-state index in [-0.39, 0.29) is 12.3 Å². The van der Waals surface area contributed by atoms with Crippen LogP contribution in [0.25, 0.3) is 0 Å². The van der Waals surface area contributed by atoms with Crippen LogP contribution in [0.15, 0.2) is 35.3 Å². The molecule has 25 heavy (non-hydrogen) atoms. The van der Waals surface area contributed by atoms with Gasteiger partial charge in [-0.05, 0) is 36.8 Å². The van der Waals surface area contributed by atoms with E-state index in [1.807, 2.05) is 6.92 Å². The molecule has 2 aromatic carbocycles. The molecule has 1 aliphatic heterocycles. The van der Waals surface area contributed by atoms with Crippen LogP contribution in [0.2, 0.25) is 15.1 Å². The Morgan fingerprint density at radius 3 is 2.40 bits per heavy atom. The summed E-state index contributed by atoms with van der Waals surface area (Å²) in [6, 6.07) is 8.60. The van der Waals surface area contributed by atoms with E-state index >= 15 is 0 Å². The zero-order valence-electron chi connectivity index (χ0n) is 13.4. The molecule has 0 atom stereocenters. The Balaban J connectivity index is 1.91. The maximum Gasteiger partial charge on any atom is 0.253 e. The average Bonchev–Trinajstić information content (AvgIpc) is 2.89. The van der Waals surface area contributed by atoms with Crippen molar-refractivity contribution in [3.8, 4) is 5.75 Å². The predicted octanol–water partition coefficient (Wildman–Crippen LogP) is 4.94. The van der Waals surface area contributed by atoms with E-state index in [0.29, 0.717) is 38.0 Å². The summed E-state index contributed by atoms with van der Waals surface area (Å²) in [5.41, 5.74) is 4.78. The lowest BCUT2D eigenvalue weighted by Crippen LogP contribution is -2.36. The second kappa shape index (κ2) is 7.12. The molecule has 0 unspecified atom stereocenters. The monoisotopic (exact) mass is 397 g/mol. The maximum absolute atomic E-state index is 12.4. The van der Waals surface area contributed by atoms with E-state index in [2.05, 4.69) is 10.4 Å². The van der Waals surface area contributed by atoms with Crippen LogP contribution in [-0.4, -0.2) is 18.9 Å². The van der Waals surface area contributed by atoms with Gasteiger partial charge in [0, 0.05) is 6.07 Å². The third-order valence-corrected chi connectivity index (χ3v) is 4.48. The molecule has 0 radical (unpaired) electrons. The van der Waals surface area contributed by atoms with Crippen molar-refractivity contribution in [1.29, 1.82) is 0 Å². The molecule has 1 fully saturated rings. The van der Waals surface area contributed by atoms with Crippen LogP contribution in [-0.2, 0) is 4.79 Å². The molecule has 0 bridgehead atoms. The zero-order valence-corrected chi connectivity index (χ0v) is 15.7. The maximum atomic E-state index is 12.4. The first-order valence-corrected chi connectivity index (χ1v) is 8.49. The number of halogens is 3. The summed E-state index contributed by atoms with van der Waals surface area (Å²) >= 11 is 18.7. The highest BCUT2D eigenvalue weighted by Gasteiger charge is 2.30. The van der Waals surface area contributed by atoms with E-state index in [9.17, 15) is 4.79 Å². The summed E-state index contributed by atoms with van der Waals surface area (Å²) in [6.45, 7) is 1.87. The Morgan fingerprint density at radius 1 is 1.12 bits per heavy atom. The van der Waals surface area contributed by atoms with Gasteiger partial charge in [-0.15, -0.1) is 0 Å². The first-order valence-electron chi connectivity index (χ1n) is 7.35. The van der Waals surface area contributed by atoms with Gasteiger partial charge in [-0.2, -0.15) is 0 Å². The number of hydrazine groups is 1. The molecule has 1 saturated heterocycles. The topological polar surface area (TPSA) is 53.9 Å². The summed E-state index contributed by atoms with van der Waals surface area (Å²) in [6.07, 6.45) is 0.0862. The van der Waals surface area contributed by atoms with Crippen molar-refractivity contribution >= 4 is 57.9 Å². The van der Waals surface area contributed by atoms with Gasteiger partial charge in [0.2, 0.25) is 0 Å². The van der Waals surface area contributed by atoms with Gasteiger partial charge >= 0.3 is 0 Å². The lowest BCUT2D eigenvalue weighted by atomic mass is 10.2. The predicted molar refractivity (Wildman–Crippen MR) is 102 cm³/mol. The number of amides is 1. The third kappa shape index (κ3) is 3.68. The van der Waals surface area contributed by atoms with Gasteiger partial charge in [-0.3, -0.25) is 10.2 Å². The van der Waals surface area contributed by atoms with E-state index in [1.165, 1.54) is 5.01 Å². The molecule has 130 valence electrons. The molecule has 0 saturated carbocycles. The highest BCUT2D eigenvalue weighted by atomic mass is 35.5. The van der Waals surface area contributed by atoms with Gasteiger partial charge in [0.05, 0.1) is 34.3 Å². The van der Waals surface area contributed by atoms with Crippen molar-refractivity contribution in [2.45, 2.75) is 13.3 Å². The number of methoxy groups -OCH3 is 1. The van der Waals surface area contributed by atoms with Gasteiger partial charge in [0.1, 0.15) is 17.3 Å². The number of amidine groups is 1. The molecular weight excluding hydrogens is 385 g/mol. The second-order valence-electron chi connectivity index (χ2n) is 5.47. The van der Waals surface area contributed by atoms with Crippen molar-refractivity contribution in [2.24, 2.45) is 4.99 Å². The van der Waals surface area contributed by atoms with E-state index in [1.54, 1.807) is 37.4 Å². The third-order valence-electron chi connectivity index (χ3n) is 3.60. The molecular formula is C17H14Cl3N3O2. The summed E-state index contributed by atoms with van der Waals surface area (Å²) in [7, 11) is 1.56. The van der Waals surface area contributed by atoms with E-state index < -0.39 is 0 Å². The molecule has 8 heteroatoms. The molecule has 1 N–H and O–H groups in total. The van der Waals surface area contributed by atoms with E-state index in [4.69, 9.17) is 39.5 Å². The number of hydrogen-bond donors (Lipinski definition) is 1. The highest BCUT2D eigenvalue weighted by Crippen LogP contribution is 2.36. The molecule has 1 amide bonds. The van der Waals surface area contributed by atoms with Crippen LogP contribution < -0.4 is 15.2 Å². The number of ether oxygens (including phenoxy) is 1. The van der Waals surface area contributed by atoms with Crippen molar-refractivity contribution in [2.75, 3.05) is 12.1 Å². The van der Waals surface area contributed by atoms with Crippen LogP contribution in [0.3, 0.4) is 0 Å². The number of nitrogens with one attached hydrogen (secondary N) is 1. The Bertz CT molecular complexity index is 860. The zero-order chi connectivity index (χ0) is 18.1. The van der Waals surface area contributed by atoms with Crippen LogP contribution in [0, 0.1) is 6.92 Å². The Hall–Kier alpha value is -1.95. The quantitative estimate of drug-likeness (QED) is 0.797. The molecule has 2 aromatic rings. The number of carbonyl (C=O) groups excluding carboxylic acids is 1. The minimum atomic E-state index is -0.212. The molecule has 0 spiro atoms. The second-order valence-corrected chi connectivity index (χ2v) is 6.69. The lowest BCUT2D eigenvalue weighted by Gasteiger charge is -2.19. The summed E-state index contributed by atoms with van der Waals surface area (Å²) in [5.74, 6) is 0.866. The van der Waals surface area contributed by atoms with Gasteiger partial charge in [0.25, 0.3) is 5.91 Å². The average molecular weight is 399 g/mol. The first kappa shape index (κ1) is 17.9. The summed E-state index contributed by atoms with van der Waals surface area (Å²) in [5, 5.41) is 2.50. The number of aliphatic imine (C=N–C) groups is 1. The van der Waals surface area contributed by atoms with Crippen molar-refractivity contribution in [1.82, 2.24) is 5.43 Å². The van der Waals surface area contributed by atoms with Crippen LogP contribution in [0.4, 0.5) is 11.4 Å². The number of hydrogen-bond acceptors (Lipinski definition) is 3. The van der Waals surface area contributed by atoms with Gasteiger partial charge in [-0.1, -0.05) is 34.8 Å². The van der Waals surface area contributed by atoms with Crippen LogP contribution in [0.1, 0.15) is 12.0 Å². The van der Waals surface area contributed by atoms with Gasteiger partial charge in [0.15, 0.2) is 0 Å².